The van der Waals surface area contributed by atoms with Crippen LogP contribution in [0.15, 0.2) is 61.7 Å². The van der Waals surface area contributed by atoms with Gasteiger partial charge in [-0.3, -0.25) is 0 Å². The fraction of sp³-hybridized carbons (Fsp3) is 0. The quantitative estimate of drug-likeness (QED) is 0.720. The molecule has 0 spiro atoms. The Morgan fingerprint density at radius 3 is 1.78 bits per heavy atom. The first-order chi connectivity index (χ1) is 8.90. The third-order valence-corrected chi connectivity index (χ3v) is 2.26. The van der Waals surface area contributed by atoms with Gasteiger partial charge >= 0.3 is 0 Å². The number of benzene rings is 1. The van der Waals surface area contributed by atoms with Crippen LogP contribution in [-0.4, -0.2) is 19.9 Å². The van der Waals surface area contributed by atoms with Crippen molar-refractivity contribution < 1.29 is 0 Å². The van der Waals surface area contributed by atoms with Gasteiger partial charge in [0.1, 0.15) is 0 Å². The van der Waals surface area contributed by atoms with Crippen LogP contribution in [0, 0.1) is 0 Å². The van der Waals surface area contributed by atoms with E-state index in [1.165, 1.54) is 5.56 Å². The van der Waals surface area contributed by atoms with Crippen molar-refractivity contribution in [1.29, 1.82) is 0 Å². The van der Waals surface area contributed by atoms with Crippen LogP contribution < -0.4 is 0 Å². The lowest BCUT2D eigenvalue weighted by atomic mass is 10.2. The first-order valence-electron chi connectivity index (χ1n) is 5.57. The highest BCUT2D eigenvalue weighted by Crippen LogP contribution is 2.04. The van der Waals surface area contributed by atoms with Crippen molar-refractivity contribution in [3.05, 3.63) is 67.3 Å². The molecule has 0 radical (unpaired) electrons. The van der Waals surface area contributed by atoms with E-state index in [2.05, 4.69) is 26.5 Å². The van der Waals surface area contributed by atoms with Crippen LogP contribution in [0.2, 0.25) is 0 Å². The van der Waals surface area contributed by atoms with Gasteiger partial charge in [0, 0.05) is 24.8 Å². The second-order valence-corrected chi connectivity index (χ2v) is 3.49. The summed E-state index contributed by atoms with van der Waals surface area (Å²) in [6.45, 7) is 3.63. The minimum absolute atomic E-state index is 0.769. The molecular weight excluding hydrogens is 224 g/mol. The number of rotatable bonds is 2. The maximum Gasteiger partial charge on any atom is 0.173 e. The molecule has 2 N–H and O–H groups in total. The van der Waals surface area contributed by atoms with E-state index in [-0.39, 0.29) is 0 Å². The molecular formula is C14H14N4. The number of aromatic amines is 2. The average molecular weight is 238 g/mol. The van der Waals surface area contributed by atoms with Crippen LogP contribution in [0.4, 0.5) is 0 Å². The molecule has 90 valence electrons. The zero-order chi connectivity index (χ0) is 12.6. The van der Waals surface area contributed by atoms with Crippen molar-refractivity contribution in [2.24, 2.45) is 0 Å². The SMILES string of the molecule is C=Cc1ccccc1.c1c[nH]c(-c2ncc[nH]2)n1. The Morgan fingerprint density at radius 2 is 1.44 bits per heavy atom. The third-order valence-electron chi connectivity index (χ3n) is 2.26. The molecule has 0 saturated carbocycles. The molecule has 3 aromatic rings. The number of H-pyrrole nitrogens is 2. The van der Waals surface area contributed by atoms with E-state index in [0.29, 0.717) is 0 Å². The molecule has 0 aliphatic rings. The molecule has 3 rings (SSSR count). The lowest BCUT2D eigenvalue weighted by molar-refractivity contribution is 1.20. The first-order valence-corrected chi connectivity index (χ1v) is 5.57. The van der Waals surface area contributed by atoms with E-state index in [1.54, 1.807) is 24.8 Å². The Kier molecular flexibility index (Phi) is 4.08. The third kappa shape index (κ3) is 3.18. The highest BCUT2D eigenvalue weighted by molar-refractivity contribution is 5.45. The summed E-state index contributed by atoms with van der Waals surface area (Å²) in [5.41, 5.74) is 1.17. The smallest absolute Gasteiger partial charge is 0.173 e. The van der Waals surface area contributed by atoms with Gasteiger partial charge in [-0.15, -0.1) is 0 Å². The van der Waals surface area contributed by atoms with Crippen molar-refractivity contribution in [2.75, 3.05) is 0 Å². The Morgan fingerprint density at radius 1 is 0.889 bits per heavy atom. The largest absolute Gasteiger partial charge is 0.342 e. The lowest BCUT2D eigenvalue weighted by Gasteiger charge is -1.85. The van der Waals surface area contributed by atoms with Crippen LogP contribution in [0.3, 0.4) is 0 Å². The number of aromatic nitrogens is 4. The van der Waals surface area contributed by atoms with Gasteiger partial charge in [0.15, 0.2) is 11.6 Å². The molecule has 0 unspecified atom stereocenters. The Bertz CT molecular complexity index is 521. The van der Waals surface area contributed by atoms with Gasteiger partial charge in [-0.1, -0.05) is 43.0 Å². The fourth-order valence-corrected chi connectivity index (χ4v) is 1.38. The van der Waals surface area contributed by atoms with Crippen LogP contribution in [-0.2, 0) is 0 Å². The van der Waals surface area contributed by atoms with Crippen LogP contribution in [0.25, 0.3) is 17.7 Å². The van der Waals surface area contributed by atoms with Crippen molar-refractivity contribution >= 4 is 6.08 Å². The number of hydrogen-bond acceptors (Lipinski definition) is 2. The Labute approximate surface area is 105 Å². The molecule has 0 aliphatic heterocycles. The number of imidazole rings is 2. The van der Waals surface area contributed by atoms with E-state index in [1.807, 2.05) is 36.4 Å². The molecule has 4 nitrogen and oxygen atoms in total. The van der Waals surface area contributed by atoms with E-state index in [0.717, 1.165) is 11.6 Å². The van der Waals surface area contributed by atoms with Crippen molar-refractivity contribution in [1.82, 2.24) is 19.9 Å². The summed E-state index contributed by atoms with van der Waals surface area (Å²) < 4.78 is 0. The summed E-state index contributed by atoms with van der Waals surface area (Å²) in [6.07, 6.45) is 8.74. The van der Waals surface area contributed by atoms with Gasteiger partial charge in [0.2, 0.25) is 0 Å². The second kappa shape index (κ2) is 6.20. The minimum Gasteiger partial charge on any atom is -0.342 e. The molecule has 0 aliphatic carbocycles. The van der Waals surface area contributed by atoms with E-state index in [4.69, 9.17) is 0 Å². The van der Waals surface area contributed by atoms with E-state index in [9.17, 15) is 0 Å². The molecule has 2 heterocycles. The van der Waals surface area contributed by atoms with Crippen LogP contribution in [0.1, 0.15) is 5.56 Å². The zero-order valence-corrected chi connectivity index (χ0v) is 9.88. The van der Waals surface area contributed by atoms with E-state index >= 15 is 0 Å². The summed E-state index contributed by atoms with van der Waals surface area (Å²) >= 11 is 0. The standard InChI is InChI=1S/C8H8.C6H6N4/c1-2-8-6-4-3-5-7-8;1-2-8-5(7-1)6-9-3-4-10-6/h2-7H,1H2;1-4H,(H,7,8)(H,9,10). The van der Waals surface area contributed by atoms with Gasteiger partial charge in [-0.2, -0.15) is 0 Å². The molecule has 1 aromatic carbocycles. The van der Waals surface area contributed by atoms with Gasteiger partial charge in [0.05, 0.1) is 0 Å². The van der Waals surface area contributed by atoms with Gasteiger partial charge < -0.3 is 9.97 Å². The summed E-state index contributed by atoms with van der Waals surface area (Å²) in [5.74, 6) is 1.54. The Hall–Kier alpha value is -2.62. The first kappa shape index (κ1) is 11.9. The molecule has 4 heteroatoms. The Balaban J connectivity index is 0.000000138. The molecule has 0 saturated heterocycles. The molecule has 2 aromatic heterocycles. The predicted octanol–water partition coefficient (Wildman–Crippen LogP) is 3.13. The van der Waals surface area contributed by atoms with Crippen molar-refractivity contribution in [3.63, 3.8) is 0 Å². The minimum atomic E-state index is 0.769. The normalized spacial score (nSPS) is 9.33. The summed E-state index contributed by atoms with van der Waals surface area (Å²) in [5, 5.41) is 0. The molecule has 0 atom stereocenters. The summed E-state index contributed by atoms with van der Waals surface area (Å²) in [6, 6.07) is 10.0. The van der Waals surface area contributed by atoms with Gasteiger partial charge in [0.25, 0.3) is 0 Å². The zero-order valence-electron chi connectivity index (χ0n) is 9.88. The molecule has 0 bridgehead atoms. The highest BCUT2D eigenvalue weighted by Gasteiger charge is 1.98. The number of nitrogens with one attached hydrogen (secondary N) is 2. The molecule has 0 amide bonds. The maximum atomic E-state index is 4.01. The molecule has 18 heavy (non-hydrogen) atoms. The average Bonchev–Trinajstić information content (AvgIpc) is 3.12. The predicted molar refractivity (Wildman–Crippen MR) is 72.7 cm³/mol. The van der Waals surface area contributed by atoms with E-state index < -0.39 is 0 Å². The summed E-state index contributed by atoms with van der Waals surface area (Å²) in [7, 11) is 0. The topological polar surface area (TPSA) is 57.4 Å². The highest BCUT2D eigenvalue weighted by atomic mass is 15.0. The monoisotopic (exact) mass is 238 g/mol. The second-order valence-electron chi connectivity index (χ2n) is 3.49. The molecule has 0 fully saturated rings. The van der Waals surface area contributed by atoms with Crippen molar-refractivity contribution in [3.8, 4) is 11.6 Å². The number of nitrogens with zero attached hydrogens (tertiary/aromatic N) is 2. The number of hydrogen-bond donors (Lipinski definition) is 2. The maximum absolute atomic E-state index is 4.01. The van der Waals surface area contributed by atoms with Crippen molar-refractivity contribution in [2.45, 2.75) is 0 Å². The summed E-state index contributed by atoms with van der Waals surface area (Å²) in [4.78, 5) is 13.9. The fourth-order valence-electron chi connectivity index (χ4n) is 1.38. The van der Waals surface area contributed by atoms with Crippen LogP contribution >= 0.6 is 0 Å². The lowest BCUT2D eigenvalue weighted by Crippen LogP contribution is -1.80. The van der Waals surface area contributed by atoms with Crippen LogP contribution in [0.5, 0.6) is 0 Å². The van der Waals surface area contributed by atoms with Gasteiger partial charge in [-0.05, 0) is 5.56 Å². The van der Waals surface area contributed by atoms with Gasteiger partial charge in [-0.25, -0.2) is 9.97 Å².